The average molecular weight is 515 g/mol. The minimum atomic E-state index is -0.00691. The predicted molar refractivity (Wildman–Crippen MR) is 151 cm³/mol. The van der Waals surface area contributed by atoms with Gasteiger partial charge in [-0.2, -0.15) is 0 Å². The minimum Gasteiger partial charge on any atom is -0.497 e. The van der Waals surface area contributed by atoms with Crippen LogP contribution in [0.2, 0.25) is 0 Å². The van der Waals surface area contributed by atoms with E-state index in [-0.39, 0.29) is 11.9 Å². The molecule has 0 aliphatic carbocycles. The van der Waals surface area contributed by atoms with Crippen molar-refractivity contribution in [2.45, 2.75) is 81.6 Å². The van der Waals surface area contributed by atoms with E-state index in [2.05, 4.69) is 63.2 Å². The summed E-state index contributed by atoms with van der Waals surface area (Å²) in [4.78, 5) is 18.6. The molecule has 2 aromatic rings. The van der Waals surface area contributed by atoms with E-state index in [4.69, 9.17) is 4.74 Å². The molecule has 4 bridgehead atoms. The normalized spacial score (nSPS) is 28.6. The number of hydrogen-bond acceptors (Lipinski definition) is 5. The van der Waals surface area contributed by atoms with Gasteiger partial charge in [-0.05, 0) is 73.9 Å². The van der Waals surface area contributed by atoms with Crippen LogP contribution in [-0.4, -0.2) is 71.6 Å². The maximum atomic E-state index is 13.1. The molecule has 0 saturated carbocycles. The van der Waals surface area contributed by atoms with Gasteiger partial charge in [0, 0.05) is 49.4 Å². The first-order valence-corrected chi connectivity index (χ1v) is 14.6. The van der Waals surface area contributed by atoms with E-state index in [1.165, 1.54) is 49.7 Å². The number of nitrogens with zero attached hydrogens (tertiary/aromatic N) is 3. The third-order valence-corrected chi connectivity index (χ3v) is 9.42. The Morgan fingerprint density at radius 2 is 1.61 bits per heavy atom. The van der Waals surface area contributed by atoms with Crippen molar-refractivity contribution in [1.29, 1.82) is 0 Å². The topological polar surface area (TPSA) is 48.0 Å². The molecule has 4 fully saturated rings. The highest BCUT2D eigenvalue weighted by Crippen LogP contribution is 2.50. The van der Waals surface area contributed by atoms with Gasteiger partial charge in [0.15, 0.2) is 0 Å². The number of fused-ring (bicyclic) bond motifs is 6. The molecule has 5 unspecified atom stereocenters. The van der Waals surface area contributed by atoms with Gasteiger partial charge in [0.25, 0.3) is 5.91 Å². The second kappa shape index (κ2) is 11.2. The van der Waals surface area contributed by atoms with E-state index < -0.39 is 0 Å². The highest BCUT2D eigenvalue weighted by molar-refractivity contribution is 5.93. The molecule has 2 aromatic carbocycles. The lowest BCUT2D eigenvalue weighted by Crippen LogP contribution is -2.60. The van der Waals surface area contributed by atoms with E-state index in [0.717, 1.165) is 43.8 Å². The molecule has 0 radical (unpaired) electrons. The highest BCUT2D eigenvalue weighted by atomic mass is 16.5. The van der Waals surface area contributed by atoms with E-state index in [0.29, 0.717) is 24.2 Å². The Morgan fingerprint density at radius 1 is 0.947 bits per heavy atom. The van der Waals surface area contributed by atoms with Crippen LogP contribution in [-0.2, 0) is 0 Å². The Morgan fingerprint density at radius 3 is 2.24 bits per heavy atom. The van der Waals surface area contributed by atoms with E-state index in [9.17, 15) is 4.79 Å². The van der Waals surface area contributed by atoms with Gasteiger partial charge in [-0.15, -0.1) is 6.58 Å². The van der Waals surface area contributed by atoms with Gasteiger partial charge in [-0.1, -0.05) is 43.2 Å². The van der Waals surface area contributed by atoms with E-state index >= 15 is 0 Å². The first kappa shape index (κ1) is 25.6. The van der Waals surface area contributed by atoms with E-state index in [1.807, 2.05) is 18.2 Å². The van der Waals surface area contributed by atoms with Crippen molar-refractivity contribution in [3.63, 3.8) is 0 Å². The molecule has 4 aliphatic heterocycles. The van der Waals surface area contributed by atoms with Crippen molar-refractivity contribution in [2.75, 3.05) is 26.7 Å². The van der Waals surface area contributed by atoms with Gasteiger partial charge in [0.2, 0.25) is 0 Å². The number of carbonyl (C=O) groups excluding carboxylic acids is 1. The summed E-state index contributed by atoms with van der Waals surface area (Å²) in [5, 5.41) is 2.10. The van der Waals surface area contributed by atoms with E-state index in [1.54, 1.807) is 7.11 Å². The van der Waals surface area contributed by atoms with Crippen LogP contribution in [0.25, 0.3) is 0 Å². The first-order chi connectivity index (χ1) is 18.7. The molecule has 1 amide bonds. The second-order valence-electron chi connectivity index (χ2n) is 11.5. The summed E-state index contributed by atoms with van der Waals surface area (Å²) in [5.41, 5.74) is 6.38. The Hall–Kier alpha value is -2.67. The number of hydrogen-bond donors (Lipinski definition) is 1. The number of ether oxygens (including phenoxy) is 1. The zero-order valence-electron chi connectivity index (χ0n) is 22.7. The third-order valence-electron chi connectivity index (χ3n) is 9.42. The molecule has 4 heterocycles. The molecule has 0 spiro atoms. The van der Waals surface area contributed by atoms with Gasteiger partial charge in [-0.25, -0.2) is 5.01 Å². The number of benzene rings is 2. The molecular formula is C32H42N4O2. The summed E-state index contributed by atoms with van der Waals surface area (Å²) in [7, 11) is 1.74. The number of nitrogens with one attached hydrogen (secondary N) is 1. The zero-order chi connectivity index (χ0) is 26.1. The van der Waals surface area contributed by atoms with Crippen LogP contribution < -0.4 is 10.2 Å². The largest absolute Gasteiger partial charge is 0.497 e. The number of rotatable bonds is 8. The Bertz CT molecular complexity index is 1110. The Kier molecular flexibility index (Phi) is 7.55. The van der Waals surface area contributed by atoms with Gasteiger partial charge in [0.1, 0.15) is 5.75 Å². The molecule has 0 aromatic heterocycles. The maximum absolute atomic E-state index is 13.1. The molecule has 1 N–H and O–H groups in total. The maximum Gasteiger partial charge on any atom is 0.265 e. The van der Waals surface area contributed by atoms with Crippen LogP contribution in [0.5, 0.6) is 5.75 Å². The Balaban J connectivity index is 1.30. The summed E-state index contributed by atoms with van der Waals surface area (Å²) in [5.74, 6) is 0.883. The lowest BCUT2D eigenvalue weighted by molar-refractivity contribution is -0.00329. The number of carbonyl (C=O) groups is 1. The lowest BCUT2D eigenvalue weighted by atomic mass is 9.91. The average Bonchev–Trinajstić information content (AvgIpc) is 3.32. The number of methoxy groups -OCH3 is 1. The fourth-order valence-corrected chi connectivity index (χ4v) is 7.77. The van der Waals surface area contributed by atoms with Crippen molar-refractivity contribution in [3.05, 3.63) is 77.9 Å². The molecule has 4 saturated heterocycles. The highest BCUT2D eigenvalue weighted by Gasteiger charge is 2.56. The number of hydrazine groups is 1. The monoisotopic (exact) mass is 514 g/mol. The summed E-state index contributed by atoms with van der Waals surface area (Å²) in [6.07, 6.45) is 11.9. The molecule has 6 rings (SSSR count). The van der Waals surface area contributed by atoms with Crippen molar-refractivity contribution in [2.24, 2.45) is 0 Å². The van der Waals surface area contributed by atoms with Crippen molar-refractivity contribution < 1.29 is 9.53 Å². The van der Waals surface area contributed by atoms with Crippen LogP contribution >= 0.6 is 0 Å². The van der Waals surface area contributed by atoms with Crippen LogP contribution in [0.15, 0.2) is 61.2 Å². The van der Waals surface area contributed by atoms with Crippen molar-refractivity contribution >= 4 is 5.91 Å². The lowest BCUT2D eigenvalue weighted by Gasteiger charge is -2.50. The van der Waals surface area contributed by atoms with Gasteiger partial charge >= 0.3 is 0 Å². The fourth-order valence-electron chi connectivity index (χ4n) is 7.77. The zero-order valence-corrected chi connectivity index (χ0v) is 22.7. The SMILES string of the molecule is C=CCN1C2CCC1C1CCC2N1C(c1ccc(C(=O)NN2CCCCCC2)cc1)c1cccc(OC)c1. The second-order valence-corrected chi connectivity index (χ2v) is 11.5. The predicted octanol–water partition coefficient (Wildman–Crippen LogP) is 5.17. The van der Waals surface area contributed by atoms with Crippen LogP contribution in [0.4, 0.5) is 0 Å². The van der Waals surface area contributed by atoms with Crippen LogP contribution in [0.3, 0.4) is 0 Å². The van der Waals surface area contributed by atoms with Gasteiger partial charge in [-0.3, -0.25) is 20.0 Å². The summed E-state index contributed by atoms with van der Waals surface area (Å²) >= 11 is 0. The van der Waals surface area contributed by atoms with Crippen LogP contribution in [0.1, 0.15) is 78.9 Å². The quantitative estimate of drug-likeness (QED) is 0.493. The summed E-state index contributed by atoms with van der Waals surface area (Å²) in [6.45, 7) is 6.91. The molecule has 6 nitrogen and oxygen atoms in total. The van der Waals surface area contributed by atoms with Crippen molar-refractivity contribution in [3.8, 4) is 5.75 Å². The molecule has 38 heavy (non-hydrogen) atoms. The van der Waals surface area contributed by atoms with Gasteiger partial charge < -0.3 is 4.74 Å². The molecule has 6 heteroatoms. The van der Waals surface area contributed by atoms with Crippen LogP contribution in [0, 0.1) is 0 Å². The standard InChI is InChI=1S/C32H42N4O2/c1-3-19-35-27-15-16-28(35)30-18-17-29(27)36(30)31(25-9-8-10-26(22-25)38-2)23-11-13-24(14-12-23)32(37)33-34-20-6-4-5-7-21-34/h3,8-14,22,27-31H,1,4-7,15-21H2,2H3,(H,33,37). The minimum absolute atomic E-state index is 0.00691. The summed E-state index contributed by atoms with van der Waals surface area (Å²) < 4.78 is 5.64. The molecule has 4 aliphatic rings. The number of piperazine rings is 1. The molecular weight excluding hydrogens is 472 g/mol. The third kappa shape index (κ3) is 4.78. The fraction of sp³-hybridized carbons (Fsp3) is 0.531. The molecule has 5 atom stereocenters. The number of amides is 1. The first-order valence-electron chi connectivity index (χ1n) is 14.6. The van der Waals surface area contributed by atoms with Crippen molar-refractivity contribution in [1.82, 2.24) is 20.2 Å². The molecule has 202 valence electrons. The van der Waals surface area contributed by atoms with Gasteiger partial charge in [0.05, 0.1) is 13.2 Å². The Labute approximate surface area is 227 Å². The smallest absolute Gasteiger partial charge is 0.265 e. The summed E-state index contributed by atoms with van der Waals surface area (Å²) in [6, 6.07) is 19.3.